The van der Waals surface area contributed by atoms with Gasteiger partial charge in [-0.05, 0) is 0 Å². The van der Waals surface area contributed by atoms with Gasteiger partial charge in [0.15, 0.2) is 0 Å². The first-order valence-electron chi connectivity index (χ1n) is 10.8. The van der Waals surface area contributed by atoms with Gasteiger partial charge in [0.25, 0.3) is 0 Å². The van der Waals surface area contributed by atoms with Crippen molar-refractivity contribution in [3.8, 4) is 0 Å². The molecular weight excluding hydrogens is 667 g/mol. The fourth-order valence-corrected chi connectivity index (χ4v) is 7.00. The van der Waals surface area contributed by atoms with Crippen LogP contribution < -0.4 is 0 Å². The SMILES string of the molecule is Brc1cccc2c1C(c1ccccc1)[C-]=C2SC1=[C-]C(c2ccccc2)c2c(Br)cccc21.[CH3-].[CH3-].[Zr+4]. The van der Waals surface area contributed by atoms with Crippen molar-refractivity contribution in [2.24, 2.45) is 0 Å². The van der Waals surface area contributed by atoms with Gasteiger partial charge in [0.05, 0.1) is 0 Å². The van der Waals surface area contributed by atoms with Gasteiger partial charge in [-0.2, -0.15) is 32.7 Å². The largest absolute Gasteiger partial charge is 4.00 e. The molecule has 2 unspecified atom stereocenters. The Labute approximate surface area is 255 Å². The van der Waals surface area contributed by atoms with E-state index in [0.717, 1.165) is 8.95 Å². The molecule has 2 aliphatic rings. The molecule has 0 radical (unpaired) electrons. The van der Waals surface area contributed by atoms with Gasteiger partial charge in [0, 0.05) is 8.95 Å². The molecule has 0 saturated heterocycles. The van der Waals surface area contributed by atoms with E-state index in [1.54, 1.807) is 11.8 Å². The molecule has 6 rings (SSSR count). The zero-order valence-electron chi connectivity index (χ0n) is 20.1. The molecule has 0 saturated carbocycles. The van der Waals surface area contributed by atoms with Crippen LogP contribution in [0.1, 0.15) is 45.2 Å². The van der Waals surface area contributed by atoms with Crippen molar-refractivity contribution in [1.29, 1.82) is 0 Å². The average Bonchev–Trinajstić information content (AvgIpc) is 3.41. The van der Waals surface area contributed by atoms with E-state index in [-0.39, 0.29) is 52.9 Å². The van der Waals surface area contributed by atoms with Crippen molar-refractivity contribution >= 4 is 53.4 Å². The van der Waals surface area contributed by atoms with Crippen LogP contribution in [0.15, 0.2) is 106 Å². The van der Waals surface area contributed by atoms with Crippen LogP contribution in [0.3, 0.4) is 0 Å². The molecule has 0 nitrogen and oxygen atoms in total. The topological polar surface area (TPSA) is 0 Å². The molecule has 176 valence electrons. The molecule has 2 atom stereocenters. The fraction of sp³-hybridized carbons (Fsp3) is 0.0625. The second-order valence-electron chi connectivity index (χ2n) is 8.14. The smallest absolute Gasteiger partial charge is 0.358 e. The van der Waals surface area contributed by atoms with E-state index in [9.17, 15) is 0 Å². The summed E-state index contributed by atoms with van der Waals surface area (Å²) in [7, 11) is 0. The Morgan fingerprint density at radius 2 is 0.917 bits per heavy atom. The second-order valence-corrected chi connectivity index (χ2v) is 10.9. The van der Waals surface area contributed by atoms with Gasteiger partial charge < -0.3 is 14.9 Å². The van der Waals surface area contributed by atoms with Gasteiger partial charge in [0.2, 0.25) is 0 Å². The van der Waals surface area contributed by atoms with Crippen LogP contribution in [-0.4, -0.2) is 0 Å². The van der Waals surface area contributed by atoms with Gasteiger partial charge >= 0.3 is 26.2 Å². The van der Waals surface area contributed by atoms with Gasteiger partial charge in [-0.1, -0.05) is 140 Å². The van der Waals surface area contributed by atoms with Crippen LogP contribution in [0, 0.1) is 27.0 Å². The zero-order valence-corrected chi connectivity index (χ0v) is 26.5. The van der Waals surface area contributed by atoms with E-state index in [1.807, 2.05) is 0 Å². The van der Waals surface area contributed by atoms with Crippen LogP contribution in [0.25, 0.3) is 9.81 Å². The van der Waals surface area contributed by atoms with Crippen molar-refractivity contribution in [1.82, 2.24) is 0 Å². The molecule has 4 heteroatoms. The Bertz CT molecular complexity index is 1300. The van der Waals surface area contributed by atoms with E-state index in [4.69, 9.17) is 0 Å². The number of benzene rings is 4. The third-order valence-corrected chi connectivity index (χ3v) is 8.66. The standard InChI is InChI=1S/C30H18Br2S.2CH3.Zr/c31-25-15-7-13-21-27(17-23(29(21)25)19-9-3-1-4-10-19)33-28-18-24(20-11-5-2-6-12-20)30-22(28)14-8-16-26(30)32;;;/h1-16,23-24H;2*1H3;/q-2;2*-1;+4. The maximum Gasteiger partial charge on any atom is 4.00 e. The average molecular weight is 692 g/mol. The number of hydrogen-bond donors (Lipinski definition) is 0. The maximum atomic E-state index is 3.82. The summed E-state index contributed by atoms with van der Waals surface area (Å²) in [6.07, 6.45) is 7.64. The Morgan fingerprint density at radius 3 is 1.31 bits per heavy atom. The molecule has 0 N–H and O–H groups in total. The van der Waals surface area contributed by atoms with E-state index in [0.29, 0.717) is 0 Å². The summed E-state index contributed by atoms with van der Waals surface area (Å²) in [4.78, 5) is 2.34. The molecule has 4 aromatic carbocycles. The molecular formula is C32H24Br2SZr. The molecule has 0 heterocycles. The molecule has 0 amide bonds. The van der Waals surface area contributed by atoms with Gasteiger partial charge in [-0.3, -0.25) is 0 Å². The van der Waals surface area contributed by atoms with Gasteiger partial charge in [-0.25, -0.2) is 12.2 Å². The third kappa shape index (κ3) is 5.25. The minimum absolute atomic E-state index is 0. The van der Waals surface area contributed by atoms with E-state index in [1.165, 1.54) is 43.2 Å². The molecule has 36 heavy (non-hydrogen) atoms. The first-order chi connectivity index (χ1) is 16.2. The van der Waals surface area contributed by atoms with Gasteiger partial charge in [-0.15, -0.1) is 23.3 Å². The van der Waals surface area contributed by atoms with Crippen LogP contribution in [-0.2, 0) is 26.2 Å². The Balaban J connectivity index is 0.00000120. The van der Waals surface area contributed by atoms with Crippen LogP contribution in [0.5, 0.6) is 0 Å². The Hall–Kier alpha value is -1.45. The number of halogens is 2. The molecule has 0 aliphatic heterocycles. The monoisotopic (exact) mass is 688 g/mol. The predicted octanol–water partition coefficient (Wildman–Crippen LogP) is 10.1. The summed E-state index contributed by atoms with van der Waals surface area (Å²) in [5, 5.41) is 0. The first kappa shape index (κ1) is 29.1. The summed E-state index contributed by atoms with van der Waals surface area (Å²) in [5.74, 6) is 0.237. The summed E-state index contributed by atoms with van der Waals surface area (Å²) < 4.78 is 2.26. The van der Waals surface area contributed by atoms with Gasteiger partial charge in [0.1, 0.15) is 0 Å². The Kier molecular flexibility index (Phi) is 10.0. The first-order valence-corrected chi connectivity index (χ1v) is 13.2. The fourth-order valence-electron chi connectivity index (χ4n) is 4.68. The summed E-state index contributed by atoms with van der Waals surface area (Å²) in [6, 6.07) is 34.2. The molecule has 4 aromatic rings. The Morgan fingerprint density at radius 1 is 0.528 bits per heavy atom. The number of rotatable bonds is 4. The molecule has 2 aliphatic carbocycles. The predicted molar refractivity (Wildman–Crippen MR) is 159 cm³/mol. The second kappa shape index (κ2) is 12.4. The number of allylic oxidation sites excluding steroid dienone is 2. The zero-order chi connectivity index (χ0) is 22.4. The van der Waals surface area contributed by atoms with Crippen molar-refractivity contribution < 1.29 is 26.2 Å². The molecule has 0 bridgehead atoms. The van der Waals surface area contributed by atoms with E-state index in [2.05, 4.69) is 141 Å². The summed E-state index contributed by atoms with van der Waals surface area (Å²) in [5.41, 5.74) is 7.60. The van der Waals surface area contributed by atoms with Crippen LogP contribution >= 0.6 is 43.6 Å². The van der Waals surface area contributed by atoms with Crippen molar-refractivity contribution in [2.75, 3.05) is 0 Å². The summed E-state index contributed by atoms with van der Waals surface area (Å²) in [6.45, 7) is 0. The van der Waals surface area contributed by atoms with Crippen LogP contribution in [0.2, 0.25) is 0 Å². The molecule has 0 spiro atoms. The third-order valence-electron chi connectivity index (χ3n) is 6.19. The summed E-state index contributed by atoms with van der Waals surface area (Å²) >= 11 is 9.40. The minimum atomic E-state index is 0. The van der Waals surface area contributed by atoms with Crippen molar-refractivity contribution in [2.45, 2.75) is 11.8 Å². The molecule has 0 aromatic heterocycles. The van der Waals surface area contributed by atoms with Crippen molar-refractivity contribution in [3.63, 3.8) is 0 Å². The number of fused-ring (bicyclic) bond motifs is 2. The normalized spacial score (nSPS) is 16.9. The van der Waals surface area contributed by atoms with Crippen molar-refractivity contribution in [3.05, 3.63) is 166 Å². The number of thioether (sulfide) groups is 1. The van der Waals surface area contributed by atoms with E-state index < -0.39 is 0 Å². The maximum absolute atomic E-state index is 3.82. The number of hydrogen-bond acceptors (Lipinski definition) is 1. The minimum Gasteiger partial charge on any atom is -0.358 e. The van der Waals surface area contributed by atoms with Crippen LogP contribution in [0.4, 0.5) is 0 Å². The molecule has 0 fully saturated rings. The quantitative estimate of drug-likeness (QED) is 0.192. The van der Waals surface area contributed by atoms with E-state index >= 15 is 0 Å².